The van der Waals surface area contributed by atoms with Gasteiger partial charge in [-0.2, -0.15) is 0 Å². The van der Waals surface area contributed by atoms with E-state index in [1.54, 1.807) is 24.5 Å². The molecule has 0 radical (unpaired) electrons. The molecule has 0 atom stereocenters. The van der Waals surface area contributed by atoms with Crippen LogP contribution in [0.2, 0.25) is 0 Å². The summed E-state index contributed by atoms with van der Waals surface area (Å²) < 4.78 is 0. The molecule has 1 amide bonds. The Hall–Kier alpha value is -0.900. The minimum Gasteiger partial charge on any atom is -0.285 e. The van der Waals surface area contributed by atoms with E-state index in [1.165, 1.54) is 19.3 Å². The molecule has 0 aromatic carbocycles. The molecule has 1 aliphatic rings. The van der Waals surface area contributed by atoms with Crippen molar-refractivity contribution in [1.29, 1.82) is 0 Å². The molecule has 1 aromatic heterocycles. The molecule has 0 spiro atoms. The lowest BCUT2D eigenvalue weighted by atomic mass is 9.94. The number of hydrogen-bond acceptors (Lipinski definition) is 3. The number of carbonyl (C=O) groups is 1. The van der Waals surface area contributed by atoms with Gasteiger partial charge in [0, 0.05) is 24.5 Å². The Balaban J connectivity index is 2.15. The molecular weight excluding hydrogens is 208 g/mol. The lowest BCUT2D eigenvalue weighted by Crippen LogP contribution is -2.40. The molecule has 1 fully saturated rings. The Morgan fingerprint density at radius 1 is 1.47 bits per heavy atom. The van der Waals surface area contributed by atoms with Gasteiger partial charge in [0.25, 0.3) is 0 Å². The first-order chi connectivity index (χ1) is 7.29. The third kappa shape index (κ3) is 2.37. The number of nitrogens with zero attached hydrogens (tertiary/aromatic N) is 2. The average Bonchev–Trinajstić information content (AvgIpc) is 2.72. The van der Waals surface area contributed by atoms with Crippen molar-refractivity contribution in [2.75, 3.05) is 4.90 Å². The molecular formula is C11H16N2OS. The first-order valence-electron chi connectivity index (χ1n) is 5.48. The third-order valence-corrected chi connectivity index (χ3v) is 3.68. The van der Waals surface area contributed by atoms with Crippen LogP contribution in [0.15, 0.2) is 11.6 Å². The zero-order valence-electron chi connectivity index (χ0n) is 8.98. The van der Waals surface area contributed by atoms with E-state index in [4.69, 9.17) is 0 Å². The smallest absolute Gasteiger partial charge is 0.225 e. The summed E-state index contributed by atoms with van der Waals surface area (Å²) >= 11 is 1.55. The summed E-state index contributed by atoms with van der Waals surface area (Å²) in [6.07, 6.45) is 7.79. The summed E-state index contributed by atoms with van der Waals surface area (Å²) in [4.78, 5) is 17.7. The Labute approximate surface area is 94.1 Å². The van der Waals surface area contributed by atoms with Crippen LogP contribution in [0.4, 0.5) is 5.13 Å². The van der Waals surface area contributed by atoms with Crippen LogP contribution in [-0.4, -0.2) is 16.9 Å². The number of carbonyl (C=O) groups excluding carboxylic acids is 1. The number of rotatable bonds is 2. The standard InChI is InChI=1S/C11H16N2OS/c1-9(14)13(11-12-7-8-15-11)10-5-3-2-4-6-10/h7-8,10H,2-6H2,1H3. The average molecular weight is 224 g/mol. The second kappa shape index (κ2) is 4.75. The summed E-state index contributed by atoms with van der Waals surface area (Å²) in [5, 5.41) is 2.78. The number of anilines is 1. The van der Waals surface area contributed by atoms with Gasteiger partial charge in [0.15, 0.2) is 5.13 Å². The van der Waals surface area contributed by atoms with E-state index in [-0.39, 0.29) is 5.91 Å². The molecule has 1 saturated carbocycles. The molecule has 4 heteroatoms. The van der Waals surface area contributed by atoms with E-state index in [1.807, 2.05) is 10.3 Å². The van der Waals surface area contributed by atoms with Crippen molar-refractivity contribution in [3.8, 4) is 0 Å². The fraction of sp³-hybridized carbons (Fsp3) is 0.636. The molecule has 1 aliphatic carbocycles. The number of thiazole rings is 1. The van der Waals surface area contributed by atoms with Gasteiger partial charge in [-0.15, -0.1) is 11.3 Å². The summed E-state index contributed by atoms with van der Waals surface area (Å²) in [6, 6.07) is 0.377. The second-order valence-corrected chi connectivity index (χ2v) is 4.87. The Morgan fingerprint density at radius 3 is 2.73 bits per heavy atom. The molecule has 15 heavy (non-hydrogen) atoms. The fourth-order valence-corrected chi connectivity index (χ4v) is 2.98. The van der Waals surface area contributed by atoms with E-state index >= 15 is 0 Å². The second-order valence-electron chi connectivity index (χ2n) is 4.00. The number of hydrogen-bond donors (Lipinski definition) is 0. The fourth-order valence-electron chi connectivity index (χ4n) is 2.22. The monoisotopic (exact) mass is 224 g/mol. The van der Waals surface area contributed by atoms with Gasteiger partial charge >= 0.3 is 0 Å². The Kier molecular flexibility index (Phi) is 3.36. The van der Waals surface area contributed by atoms with Gasteiger partial charge in [-0.1, -0.05) is 19.3 Å². The van der Waals surface area contributed by atoms with Crippen LogP contribution in [0, 0.1) is 0 Å². The molecule has 0 N–H and O–H groups in total. The van der Waals surface area contributed by atoms with Crippen molar-refractivity contribution in [3.05, 3.63) is 11.6 Å². The first-order valence-corrected chi connectivity index (χ1v) is 6.36. The highest BCUT2D eigenvalue weighted by atomic mass is 32.1. The van der Waals surface area contributed by atoms with Gasteiger partial charge in [-0.25, -0.2) is 4.98 Å². The van der Waals surface area contributed by atoms with Crippen molar-refractivity contribution < 1.29 is 4.79 Å². The Bertz CT molecular complexity index is 317. The van der Waals surface area contributed by atoms with Gasteiger partial charge < -0.3 is 0 Å². The Morgan fingerprint density at radius 2 is 2.20 bits per heavy atom. The molecule has 0 bridgehead atoms. The van der Waals surface area contributed by atoms with Gasteiger partial charge in [0.1, 0.15) is 0 Å². The van der Waals surface area contributed by atoms with Crippen LogP contribution >= 0.6 is 11.3 Å². The molecule has 82 valence electrons. The predicted molar refractivity (Wildman–Crippen MR) is 62.1 cm³/mol. The highest BCUT2D eigenvalue weighted by Gasteiger charge is 2.25. The maximum atomic E-state index is 11.6. The van der Waals surface area contributed by atoms with Gasteiger partial charge in [-0.3, -0.25) is 9.69 Å². The summed E-state index contributed by atoms with van der Waals surface area (Å²) in [5.41, 5.74) is 0. The molecule has 0 saturated heterocycles. The normalized spacial score (nSPS) is 17.7. The molecule has 1 heterocycles. The predicted octanol–water partition coefficient (Wildman–Crippen LogP) is 2.83. The molecule has 0 aliphatic heterocycles. The quantitative estimate of drug-likeness (QED) is 0.774. The zero-order chi connectivity index (χ0) is 10.7. The van der Waals surface area contributed by atoms with Crippen LogP contribution in [0.3, 0.4) is 0 Å². The van der Waals surface area contributed by atoms with Gasteiger partial charge in [0.05, 0.1) is 0 Å². The van der Waals surface area contributed by atoms with Crippen LogP contribution in [-0.2, 0) is 4.79 Å². The lowest BCUT2D eigenvalue weighted by molar-refractivity contribution is -0.117. The minimum atomic E-state index is 0.122. The molecule has 2 rings (SSSR count). The van der Waals surface area contributed by atoms with E-state index in [0.29, 0.717) is 6.04 Å². The zero-order valence-corrected chi connectivity index (χ0v) is 9.80. The van der Waals surface area contributed by atoms with E-state index in [0.717, 1.165) is 18.0 Å². The van der Waals surface area contributed by atoms with E-state index < -0.39 is 0 Å². The van der Waals surface area contributed by atoms with Crippen LogP contribution in [0.1, 0.15) is 39.0 Å². The summed E-state index contributed by atoms with van der Waals surface area (Å²) in [7, 11) is 0. The maximum absolute atomic E-state index is 11.6. The van der Waals surface area contributed by atoms with Gasteiger partial charge in [0.2, 0.25) is 5.91 Å². The van der Waals surface area contributed by atoms with E-state index in [9.17, 15) is 4.79 Å². The van der Waals surface area contributed by atoms with Crippen molar-refractivity contribution >= 4 is 22.4 Å². The summed E-state index contributed by atoms with van der Waals surface area (Å²) in [6.45, 7) is 1.63. The summed E-state index contributed by atoms with van der Waals surface area (Å²) in [5.74, 6) is 0.122. The van der Waals surface area contributed by atoms with Crippen LogP contribution in [0.25, 0.3) is 0 Å². The maximum Gasteiger partial charge on any atom is 0.225 e. The van der Waals surface area contributed by atoms with Crippen molar-refractivity contribution in [3.63, 3.8) is 0 Å². The van der Waals surface area contributed by atoms with Crippen LogP contribution in [0.5, 0.6) is 0 Å². The molecule has 1 aromatic rings. The molecule has 3 nitrogen and oxygen atoms in total. The SMILES string of the molecule is CC(=O)N(c1nccs1)C1CCCCC1. The third-order valence-electron chi connectivity index (χ3n) is 2.90. The highest BCUT2D eigenvalue weighted by Crippen LogP contribution is 2.28. The molecule has 0 unspecified atom stereocenters. The number of amides is 1. The number of aromatic nitrogens is 1. The van der Waals surface area contributed by atoms with E-state index in [2.05, 4.69) is 4.98 Å². The van der Waals surface area contributed by atoms with Crippen molar-refractivity contribution in [1.82, 2.24) is 4.98 Å². The van der Waals surface area contributed by atoms with Gasteiger partial charge in [-0.05, 0) is 12.8 Å². The van der Waals surface area contributed by atoms with Crippen molar-refractivity contribution in [2.45, 2.75) is 45.1 Å². The lowest BCUT2D eigenvalue weighted by Gasteiger charge is -2.31. The topological polar surface area (TPSA) is 33.2 Å². The largest absolute Gasteiger partial charge is 0.285 e. The van der Waals surface area contributed by atoms with Crippen LogP contribution < -0.4 is 4.90 Å². The minimum absolute atomic E-state index is 0.122. The first kappa shape index (κ1) is 10.6. The highest BCUT2D eigenvalue weighted by molar-refractivity contribution is 7.13. The van der Waals surface area contributed by atoms with Crippen molar-refractivity contribution in [2.24, 2.45) is 0 Å².